The van der Waals surface area contributed by atoms with Crippen LogP contribution in [0.3, 0.4) is 0 Å². The van der Waals surface area contributed by atoms with Crippen LogP contribution in [-0.2, 0) is 16.3 Å². The van der Waals surface area contributed by atoms with Gasteiger partial charge in [-0.1, -0.05) is 44.0 Å². The highest BCUT2D eigenvalue weighted by atomic mass is 32.2. The van der Waals surface area contributed by atoms with E-state index in [4.69, 9.17) is 5.11 Å². The molecule has 0 aliphatic heterocycles. The van der Waals surface area contributed by atoms with Gasteiger partial charge in [-0.3, -0.25) is 4.79 Å². The number of hydrogen-bond acceptors (Lipinski definition) is 4. The predicted octanol–water partition coefficient (Wildman–Crippen LogP) is 3.72. The summed E-state index contributed by atoms with van der Waals surface area (Å²) in [5, 5.41) is 8.91. The largest absolute Gasteiger partial charge is 0.396 e. The maximum atomic E-state index is 12.4. The molecule has 0 amide bonds. The Morgan fingerprint density at radius 3 is 2.41 bits per heavy atom. The van der Waals surface area contributed by atoms with E-state index >= 15 is 0 Å². The third-order valence-electron chi connectivity index (χ3n) is 5.56. The number of rotatable bonds is 8. The van der Waals surface area contributed by atoms with E-state index in [1.807, 2.05) is 19.1 Å². The molecular formula is C23H29NO4S. The number of H-pyrrole nitrogens is 1. The third kappa shape index (κ3) is 5.25. The molecule has 2 N–H and O–H groups in total. The van der Waals surface area contributed by atoms with Crippen LogP contribution in [0.4, 0.5) is 0 Å². The number of benzene rings is 1. The van der Waals surface area contributed by atoms with Crippen LogP contribution in [0.15, 0.2) is 52.2 Å². The molecule has 2 aromatic rings. The van der Waals surface area contributed by atoms with Crippen molar-refractivity contribution < 1.29 is 13.5 Å². The fraction of sp³-hybridized carbons (Fsp3) is 0.435. The Hall–Kier alpha value is -2.18. The number of aromatic amines is 1. The van der Waals surface area contributed by atoms with E-state index in [2.05, 4.69) is 11.1 Å². The van der Waals surface area contributed by atoms with Crippen LogP contribution in [0, 0.1) is 5.92 Å². The fourth-order valence-corrected chi connectivity index (χ4v) is 5.15. The zero-order valence-electron chi connectivity index (χ0n) is 16.9. The minimum atomic E-state index is -3.40. The molecule has 5 nitrogen and oxygen atoms in total. The van der Waals surface area contributed by atoms with E-state index in [1.165, 1.54) is 12.8 Å². The number of aliphatic hydroxyl groups excluding tert-OH is 1. The first-order chi connectivity index (χ1) is 13.9. The number of aryl methyl sites for hydroxylation is 1. The van der Waals surface area contributed by atoms with Crippen molar-refractivity contribution in [2.75, 3.05) is 12.4 Å². The maximum absolute atomic E-state index is 12.4. The molecule has 0 atom stereocenters. The lowest BCUT2D eigenvalue weighted by Crippen LogP contribution is -2.14. The van der Waals surface area contributed by atoms with E-state index in [-0.39, 0.29) is 29.2 Å². The van der Waals surface area contributed by atoms with Crippen LogP contribution in [0.25, 0.3) is 5.57 Å². The molecule has 0 spiro atoms. The van der Waals surface area contributed by atoms with Crippen molar-refractivity contribution in [1.29, 1.82) is 0 Å². The summed E-state index contributed by atoms with van der Waals surface area (Å²) < 4.78 is 24.7. The summed E-state index contributed by atoms with van der Waals surface area (Å²) >= 11 is 0. The fourth-order valence-electron chi connectivity index (χ4n) is 3.85. The highest BCUT2D eigenvalue weighted by Crippen LogP contribution is 2.32. The minimum Gasteiger partial charge on any atom is -0.396 e. The first-order valence-corrected chi connectivity index (χ1v) is 12.0. The molecule has 1 aromatic heterocycles. The average molecular weight is 416 g/mol. The highest BCUT2D eigenvalue weighted by Gasteiger charge is 2.18. The molecule has 1 heterocycles. The van der Waals surface area contributed by atoms with Crippen molar-refractivity contribution in [1.82, 2.24) is 4.98 Å². The van der Waals surface area contributed by atoms with Crippen LogP contribution in [0.1, 0.15) is 55.8 Å². The van der Waals surface area contributed by atoms with Gasteiger partial charge in [0, 0.05) is 23.4 Å². The number of aromatic nitrogens is 1. The molecule has 1 aliphatic carbocycles. The van der Waals surface area contributed by atoms with Gasteiger partial charge in [0.1, 0.15) is 0 Å². The molecule has 3 rings (SSSR count). The molecule has 0 bridgehead atoms. The van der Waals surface area contributed by atoms with Crippen LogP contribution in [0.2, 0.25) is 0 Å². The van der Waals surface area contributed by atoms with Gasteiger partial charge in [0.2, 0.25) is 0 Å². The van der Waals surface area contributed by atoms with Gasteiger partial charge in [0.05, 0.1) is 10.6 Å². The molecule has 1 fully saturated rings. The number of allylic oxidation sites excluding steroid dienone is 1. The lowest BCUT2D eigenvalue weighted by Gasteiger charge is -2.13. The van der Waals surface area contributed by atoms with E-state index in [0.29, 0.717) is 12.3 Å². The van der Waals surface area contributed by atoms with E-state index in [9.17, 15) is 13.2 Å². The predicted molar refractivity (Wildman–Crippen MR) is 116 cm³/mol. The van der Waals surface area contributed by atoms with Gasteiger partial charge in [0.25, 0.3) is 5.56 Å². The van der Waals surface area contributed by atoms with Crippen molar-refractivity contribution >= 4 is 15.4 Å². The lowest BCUT2D eigenvalue weighted by atomic mass is 9.95. The molecule has 1 saturated carbocycles. The van der Waals surface area contributed by atoms with Gasteiger partial charge in [-0.15, -0.1) is 0 Å². The zero-order chi connectivity index (χ0) is 20.9. The van der Waals surface area contributed by atoms with Gasteiger partial charge in [-0.2, -0.15) is 0 Å². The van der Waals surface area contributed by atoms with Gasteiger partial charge in [0.15, 0.2) is 9.84 Å². The Labute approximate surface area is 172 Å². The summed E-state index contributed by atoms with van der Waals surface area (Å²) in [6, 6.07) is 10.6. The molecule has 0 radical (unpaired) electrons. The molecule has 156 valence electrons. The average Bonchev–Trinajstić information content (AvgIpc) is 3.24. The van der Waals surface area contributed by atoms with Crippen molar-refractivity contribution in [3.8, 4) is 0 Å². The van der Waals surface area contributed by atoms with Crippen molar-refractivity contribution in [2.24, 2.45) is 5.92 Å². The lowest BCUT2D eigenvalue weighted by molar-refractivity contribution is 0.295. The summed E-state index contributed by atoms with van der Waals surface area (Å²) in [6.45, 7) is 1.81. The SMILES string of the molecule is CCc1ccc(C(=CC2CCCC2)c2ccc(S(=O)(=O)CCCO)cc2)[nH]c1=O. The maximum Gasteiger partial charge on any atom is 0.251 e. The van der Waals surface area contributed by atoms with Gasteiger partial charge in [-0.25, -0.2) is 8.42 Å². The van der Waals surface area contributed by atoms with Crippen molar-refractivity contribution in [2.45, 2.75) is 50.3 Å². The number of sulfone groups is 1. The third-order valence-corrected chi connectivity index (χ3v) is 7.38. The second-order valence-corrected chi connectivity index (χ2v) is 9.73. The highest BCUT2D eigenvalue weighted by molar-refractivity contribution is 7.91. The number of nitrogens with one attached hydrogen (secondary N) is 1. The monoisotopic (exact) mass is 415 g/mol. The zero-order valence-corrected chi connectivity index (χ0v) is 17.7. The van der Waals surface area contributed by atoms with Crippen LogP contribution >= 0.6 is 0 Å². The Balaban J connectivity index is 1.98. The van der Waals surface area contributed by atoms with Crippen LogP contribution < -0.4 is 5.56 Å². The number of pyridine rings is 1. The van der Waals surface area contributed by atoms with Gasteiger partial charge in [-0.05, 0) is 55.4 Å². The summed E-state index contributed by atoms with van der Waals surface area (Å²) in [7, 11) is -3.40. The standard InChI is InChI=1S/C23H29NO4S/c1-2-18-10-13-22(24-23(18)26)21(16-17-6-3-4-7-17)19-8-11-20(12-9-19)29(27,28)15-5-14-25/h8-13,16-17,25H,2-7,14-15H2,1H3,(H,24,26). The molecule has 1 aromatic carbocycles. The smallest absolute Gasteiger partial charge is 0.251 e. The molecule has 6 heteroatoms. The van der Waals surface area contributed by atoms with Gasteiger partial charge >= 0.3 is 0 Å². The molecule has 1 aliphatic rings. The minimum absolute atomic E-state index is 0.0700. The number of hydrogen-bond donors (Lipinski definition) is 2. The Bertz CT molecular complexity index is 1010. The first kappa shape index (κ1) is 21.5. The Morgan fingerprint density at radius 2 is 1.83 bits per heavy atom. The van der Waals surface area contributed by atoms with Crippen molar-refractivity contribution in [3.05, 3.63) is 69.6 Å². The molecule has 0 saturated heterocycles. The van der Waals surface area contributed by atoms with Crippen LogP contribution in [0.5, 0.6) is 0 Å². The molecular weight excluding hydrogens is 386 g/mol. The Morgan fingerprint density at radius 1 is 1.14 bits per heavy atom. The number of aliphatic hydroxyl groups is 1. The van der Waals surface area contributed by atoms with E-state index < -0.39 is 9.84 Å². The first-order valence-electron chi connectivity index (χ1n) is 10.3. The summed E-state index contributed by atoms with van der Waals surface area (Å²) in [4.78, 5) is 15.6. The quantitative estimate of drug-likeness (QED) is 0.688. The second kappa shape index (κ2) is 9.55. The second-order valence-electron chi connectivity index (χ2n) is 7.63. The van der Waals surface area contributed by atoms with Gasteiger partial charge < -0.3 is 10.1 Å². The van der Waals surface area contributed by atoms with Crippen molar-refractivity contribution in [3.63, 3.8) is 0 Å². The summed E-state index contributed by atoms with van der Waals surface area (Å²) in [6.07, 6.45) is 7.81. The van der Waals surface area contributed by atoms with E-state index in [0.717, 1.165) is 35.2 Å². The Kier molecular flexibility index (Phi) is 7.09. The normalized spacial score (nSPS) is 15.7. The molecule has 0 unspecified atom stereocenters. The topological polar surface area (TPSA) is 87.2 Å². The summed E-state index contributed by atoms with van der Waals surface area (Å²) in [5.74, 6) is 0.395. The molecule has 29 heavy (non-hydrogen) atoms. The van der Waals surface area contributed by atoms with Crippen LogP contribution in [-0.4, -0.2) is 30.9 Å². The summed E-state index contributed by atoms with van der Waals surface area (Å²) in [5.41, 5.74) is 3.26. The van der Waals surface area contributed by atoms with E-state index in [1.54, 1.807) is 24.3 Å².